The van der Waals surface area contributed by atoms with E-state index in [1.807, 2.05) is 42.5 Å². The van der Waals surface area contributed by atoms with Gasteiger partial charge in [-0.05, 0) is 58.9 Å². The van der Waals surface area contributed by atoms with Crippen molar-refractivity contribution in [3.05, 3.63) is 75.6 Å². The van der Waals surface area contributed by atoms with Gasteiger partial charge in [-0.2, -0.15) is 0 Å². The lowest BCUT2D eigenvalue weighted by Crippen LogP contribution is -2.20. The Balaban J connectivity index is 1.46. The molecule has 0 radical (unpaired) electrons. The van der Waals surface area contributed by atoms with Crippen LogP contribution in [0.5, 0.6) is 5.75 Å². The fourth-order valence-corrected chi connectivity index (χ4v) is 3.99. The van der Waals surface area contributed by atoms with Crippen LogP contribution in [-0.2, 0) is 9.59 Å². The molecular formula is C22H15BrN2O4S. The van der Waals surface area contributed by atoms with Gasteiger partial charge in [-0.15, -0.1) is 0 Å². The molecule has 0 spiro atoms. The number of benzene rings is 3. The number of nitrogens with one attached hydrogen (secondary N) is 2. The molecule has 2 N–H and O–H groups in total. The summed E-state index contributed by atoms with van der Waals surface area (Å²) in [5.74, 6) is -0.341. The molecule has 3 aromatic rings. The van der Waals surface area contributed by atoms with Gasteiger partial charge in [0, 0.05) is 15.7 Å². The summed E-state index contributed by atoms with van der Waals surface area (Å²) in [5.41, 5.74) is 1.26. The summed E-state index contributed by atoms with van der Waals surface area (Å²) in [6.45, 7) is -0.205. The number of thioether (sulfide) groups is 1. The monoisotopic (exact) mass is 482 g/mol. The molecule has 30 heavy (non-hydrogen) atoms. The van der Waals surface area contributed by atoms with Crippen LogP contribution in [0, 0.1) is 0 Å². The largest absolute Gasteiger partial charge is 0.483 e. The Bertz CT molecular complexity index is 1210. The summed E-state index contributed by atoms with van der Waals surface area (Å²) < 4.78 is 6.46. The zero-order chi connectivity index (χ0) is 21.1. The van der Waals surface area contributed by atoms with E-state index in [0.29, 0.717) is 17.0 Å². The Kier molecular flexibility index (Phi) is 5.87. The quantitative estimate of drug-likeness (QED) is 0.502. The Hall–Kier alpha value is -3.10. The SMILES string of the molecule is O=C(COc1ccc(Br)cc1/C=C1\SC(=O)NC1=O)Nc1ccc2ccccc2c1. The average molecular weight is 483 g/mol. The number of amides is 3. The van der Waals surface area contributed by atoms with E-state index in [-0.39, 0.29) is 17.4 Å². The molecule has 1 aliphatic heterocycles. The Labute approximate surface area is 184 Å². The van der Waals surface area contributed by atoms with E-state index >= 15 is 0 Å². The van der Waals surface area contributed by atoms with Crippen LogP contribution in [0.2, 0.25) is 0 Å². The van der Waals surface area contributed by atoms with E-state index in [0.717, 1.165) is 27.0 Å². The second kappa shape index (κ2) is 8.73. The van der Waals surface area contributed by atoms with Crippen molar-refractivity contribution in [3.8, 4) is 5.75 Å². The highest BCUT2D eigenvalue weighted by Gasteiger charge is 2.25. The normalized spacial score (nSPS) is 14.8. The molecule has 4 rings (SSSR count). The molecule has 1 aliphatic rings. The van der Waals surface area contributed by atoms with Gasteiger partial charge in [0.2, 0.25) is 0 Å². The number of hydrogen-bond donors (Lipinski definition) is 2. The molecule has 0 aliphatic carbocycles. The van der Waals surface area contributed by atoms with Crippen molar-refractivity contribution in [1.82, 2.24) is 5.32 Å². The number of hydrogen-bond acceptors (Lipinski definition) is 5. The van der Waals surface area contributed by atoms with E-state index in [1.165, 1.54) is 0 Å². The molecule has 0 saturated carbocycles. The maximum Gasteiger partial charge on any atom is 0.290 e. The fraction of sp³-hybridized carbons (Fsp3) is 0.0455. The highest BCUT2D eigenvalue weighted by atomic mass is 79.9. The maximum atomic E-state index is 12.4. The third kappa shape index (κ3) is 4.72. The summed E-state index contributed by atoms with van der Waals surface area (Å²) in [6, 6.07) is 18.8. The zero-order valence-corrected chi connectivity index (χ0v) is 17.9. The van der Waals surface area contributed by atoms with Gasteiger partial charge in [0.25, 0.3) is 17.1 Å². The van der Waals surface area contributed by atoms with Crippen molar-refractivity contribution in [2.75, 3.05) is 11.9 Å². The number of halogens is 1. The van der Waals surface area contributed by atoms with Gasteiger partial charge < -0.3 is 10.1 Å². The average Bonchev–Trinajstić information content (AvgIpc) is 3.04. The van der Waals surface area contributed by atoms with Gasteiger partial charge in [0.05, 0.1) is 4.91 Å². The van der Waals surface area contributed by atoms with E-state index in [2.05, 4.69) is 26.6 Å². The number of carbonyl (C=O) groups excluding carboxylic acids is 3. The fourth-order valence-electron chi connectivity index (χ4n) is 2.93. The Morgan fingerprint density at radius 2 is 1.87 bits per heavy atom. The minimum atomic E-state index is -0.454. The van der Waals surface area contributed by atoms with Crippen molar-refractivity contribution in [1.29, 1.82) is 0 Å². The summed E-state index contributed by atoms with van der Waals surface area (Å²) in [5, 5.41) is 6.73. The van der Waals surface area contributed by atoms with Crippen molar-refractivity contribution < 1.29 is 19.1 Å². The molecule has 0 atom stereocenters. The van der Waals surface area contributed by atoms with Crippen molar-refractivity contribution in [2.24, 2.45) is 0 Å². The van der Waals surface area contributed by atoms with Gasteiger partial charge in [-0.25, -0.2) is 0 Å². The zero-order valence-electron chi connectivity index (χ0n) is 15.5. The first-order valence-electron chi connectivity index (χ1n) is 8.94. The number of anilines is 1. The molecule has 3 amide bonds. The smallest absolute Gasteiger partial charge is 0.290 e. The lowest BCUT2D eigenvalue weighted by atomic mass is 10.1. The topological polar surface area (TPSA) is 84.5 Å². The minimum absolute atomic E-state index is 0.205. The first-order chi connectivity index (χ1) is 14.5. The van der Waals surface area contributed by atoms with Crippen LogP contribution < -0.4 is 15.4 Å². The Morgan fingerprint density at radius 1 is 1.07 bits per heavy atom. The summed E-state index contributed by atoms with van der Waals surface area (Å²) in [7, 11) is 0. The molecule has 0 unspecified atom stereocenters. The highest BCUT2D eigenvalue weighted by molar-refractivity contribution is 9.10. The lowest BCUT2D eigenvalue weighted by molar-refractivity contribution is -0.118. The molecule has 3 aromatic carbocycles. The molecule has 1 heterocycles. The number of ether oxygens (including phenoxy) is 1. The molecule has 0 bridgehead atoms. The van der Waals surface area contributed by atoms with Crippen LogP contribution in [0.4, 0.5) is 10.5 Å². The van der Waals surface area contributed by atoms with Crippen molar-refractivity contribution >= 4 is 67.3 Å². The van der Waals surface area contributed by atoms with E-state index < -0.39 is 11.1 Å². The van der Waals surface area contributed by atoms with Crippen LogP contribution >= 0.6 is 27.7 Å². The third-order valence-corrected chi connectivity index (χ3v) is 5.60. The summed E-state index contributed by atoms with van der Waals surface area (Å²) >= 11 is 4.20. The number of imide groups is 1. The van der Waals surface area contributed by atoms with E-state index in [9.17, 15) is 14.4 Å². The van der Waals surface area contributed by atoms with E-state index in [4.69, 9.17) is 4.74 Å². The molecule has 8 heteroatoms. The summed E-state index contributed by atoms with van der Waals surface area (Å²) in [6.07, 6.45) is 1.56. The van der Waals surface area contributed by atoms with Crippen molar-refractivity contribution in [3.63, 3.8) is 0 Å². The number of carbonyl (C=O) groups is 3. The second-order valence-corrected chi connectivity index (χ2v) is 8.36. The van der Waals surface area contributed by atoms with Crippen LogP contribution in [0.15, 0.2) is 70.0 Å². The Morgan fingerprint density at radius 3 is 2.63 bits per heavy atom. The minimum Gasteiger partial charge on any atom is -0.483 e. The number of fused-ring (bicyclic) bond motifs is 1. The predicted octanol–water partition coefficient (Wildman–Crippen LogP) is 4.94. The maximum absolute atomic E-state index is 12.4. The van der Waals surface area contributed by atoms with Gasteiger partial charge >= 0.3 is 0 Å². The lowest BCUT2D eigenvalue weighted by Gasteiger charge is -2.11. The number of rotatable bonds is 5. The predicted molar refractivity (Wildman–Crippen MR) is 121 cm³/mol. The van der Waals surface area contributed by atoms with Crippen LogP contribution in [0.3, 0.4) is 0 Å². The van der Waals surface area contributed by atoms with Crippen LogP contribution in [0.25, 0.3) is 16.8 Å². The molecular weight excluding hydrogens is 468 g/mol. The van der Waals surface area contributed by atoms with E-state index in [1.54, 1.807) is 24.3 Å². The summed E-state index contributed by atoms with van der Waals surface area (Å²) in [4.78, 5) is 35.8. The molecule has 1 fully saturated rings. The molecule has 1 saturated heterocycles. The molecule has 0 aromatic heterocycles. The highest BCUT2D eigenvalue weighted by Crippen LogP contribution is 2.31. The third-order valence-electron chi connectivity index (χ3n) is 4.29. The van der Waals surface area contributed by atoms with Crippen LogP contribution in [0.1, 0.15) is 5.56 Å². The van der Waals surface area contributed by atoms with Crippen molar-refractivity contribution in [2.45, 2.75) is 0 Å². The molecule has 6 nitrogen and oxygen atoms in total. The molecule has 150 valence electrons. The first kappa shape index (κ1) is 20.2. The van der Waals surface area contributed by atoms with Crippen LogP contribution in [-0.4, -0.2) is 23.7 Å². The second-order valence-electron chi connectivity index (χ2n) is 6.43. The standard InChI is InChI=1S/C22H15BrN2O4S/c23-16-6-8-18(15(9-16)11-19-21(27)25-22(28)30-19)29-12-20(26)24-17-7-5-13-3-1-2-4-14(13)10-17/h1-11H,12H2,(H,24,26)(H,25,27,28)/b19-11-. The van der Waals surface area contributed by atoms with Gasteiger partial charge in [-0.1, -0.05) is 46.3 Å². The van der Waals surface area contributed by atoms with Gasteiger partial charge in [0.1, 0.15) is 5.75 Å². The van der Waals surface area contributed by atoms with Gasteiger partial charge in [-0.3, -0.25) is 19.7 Å². The van der Waals surface area contributed by atoms with Gasteiger partial charge in [0.15, 0.2) is 6.61 Å². The first-order valence-corrected chi connectivity index (χ1v) is 10.5.